The molecule has 1 fully saturated rings. The molecule has 1 aliphatic heterocycles. The highest BCUT2D eigenvalue weighted by atomic mass is 19.1. The molecule has 0 aliphatic carbocycles. The number of nitro groups is 1. The van der Waals surface area contributed by atoms with Gasteiger partial charge in [0.05, 0.1) is 16.5 Å². The number of rotatable bonds is 5. The van der Waals surface area contributed by atoms with Gasteiger partial charge >= 0.3 is 5.69 Å². The molecular weight excluding hydrogens is 377 g/mol. The Morgan fingerprint density at radius 3 is 2.55 bits per heavy atom. The molecule has 3 heterocycles. The van der Waals surface area contributed by atoms with Crippen molar-refractivity contribution in [3.05, 3.63) is 76.7 Å². The highest BCUT2D eigenvalue weighted by molar-refractivity contribution is 5.95. The second kappa shape index (κ2) is 7.63. The molecule has 1 aromatic carbocycles. The third-order valence-electron chi connectivity index (χ3n) is 4.68. The molecule has 0 atom stereocenters. The first kappa shape index (κ1) is 18.5. The Morgan fingerprint density at radius 2 is 1.90 bits per heavy atom. The summed E-state index contributed by atoms with van der Waals surface area (Å²) >= 11 is 0. The van der Waals surface area contributed by atoms with Crippen LogP contribution < -0.4 is 10.2 Å². The van der Waals surface area contributed by atoms with E-state index < -0.39 is 10.7 Å². The van der Waals surface area contributed by atoms with Gasteiger partial charge in [-0.2, -0.15) is 0 Å². The summed E-state index contributed by atoms with van der Waals surface area (Å²) in [5, 5.41) is 13.9. The number of amides is 1. The van der Waals surface area contributed by atoms with E-state index in [0.29, 0.717) is 24.3 Å². The SMILES string of the molecule is O=C(Nc1nc(-c2ccc(F)cc2)ccc1[N+](=O)[O-])C1CN(c2ccccn2)C1. The van der Waals surface area contributed by atoms with Crippen LogP contribution in [0.3, 0.4) is 0 Å². The van der Waals surface area contributed by atoms with Crippen LogP contribution in [0.4, 0.5) is 21.7 Å². The Kier molecular flexibility index (Phi) is 4.86. The van der Waals surface area contributed by atoms with Crippen LogP contribution in [0.15, 0.2) is 60.8 Å². The van der Waals surface area contributed by atoms with E-state index in [1.54, 1.807) is 6.20 Å². The maximum Gasteiger partial charge on any atom is 0.311 e. The van der Waals surface area contributed by atoms with Gasteiger partial charge in [0.2, 0.25) is 11.7 Å². The molecule has 0 unspecified atom stereocenters. The minimum absolute atomic E-state index is 0.127. The Morgan fingerprint density at radius 1 is 1.14 bits per heavy atom. The molecule has 0 saturated carbocycles. The number of hydrogen-bond donors (Lipinski definition) is 1. The molecule has 0 bridgehead atoms. The lowest BCUT2D eigenvalue weighted by molar-refractivity contribution is -0.384. The molecular formula is C20H16FN5O3. The number of halogens is 1. The zero-order valence-corrected chi connectivity index (χ0v) is 15.2. The van der Waals surface area contributed by atoms with Gasteiger partial charge in [0, 0.05) is 30.9 Å². The fourth-order valence-electron chi connectivity index (χ4n) is 3.06. The molecule has 0 radical (unpaired) electrons. The van der Waals surface area contributed by atoms with Crippen LogP contribution in [0, 0.1) is 21.8 Å². The van der Waals surface area contributed by atoms with E-state index in [9.17, 15) is 19.3 Å². The van der Waals surface area contributed by atoms with Crippen LogP contribution in [0.25, 0.3) is 11.3 Å². The van der Waals surface area contributed by atoms with E-state index in [1.165, 1.54) is 36.4 Å². The summed E-state index contributed by atoms with van der Waals surface area (Å²) < 4.78 is 13.1. The number of anilines is 2. The van der Waals surface area contributed by atoms with E-state index in [1.807, 2.05) is 23.1 Å². The van der Waals surface area contributed by atoms with Gasteiger partial charge in [0.1, 0.15) is 11.6 Å². The summed E-state index contributed by atoms with van der Waals surface area (Å²) in [6, 6.07) is 13.9. The maximum atomic E-state index is 13.1. The van der Waals surface area contributed by atoms with Crippen LogP contribution in [-0.2, 0) is 4.79 Å². The Bertz CT molecular complexity index is 1050. The van der Waals surface area contributed by atoms with Crippen LogP contribution in [0.2, 0.25) is 0 Å². The fourth-order valence-corrected chi connectivity index (χ4v) is 3.06. The minimum Gasteiger partial charge on any atom is -0.355 e. The number of benzene rings is 1. The second-order valence-corrected chi connectivity index (χ2v) is 6.61. The molecule has 146 valence electrons. The van der Waals surface area contributed by atoms with Crippen molar-refractivity contribution in [2.24, 2.45) is 5.92 Å². The Hall–Kier alpha value is -3.88. The summed E-state index contributed by atoms with van der Waals surface area (Å²) in [6.07, 6.45) is 1.68. The monoisotopic (exact) mass is 393 g/mol. The second-order valence-electron chi connectivity index (χ2n) is 6.61. The predicted octanol–water partition coefficient (Wildman–Crippen LogP) is 3.27. The number of pyridine rings is 2. The zero-order chi connectivity index (χ0) is 20.4. The number of hydrogen-bond acceptors (Lipinski definition) is 6. The fraction of sp³-hybridized carbons (Fsp3) is 0.150. The average molecular weight is 393 g/mol. The largest absolute Gasteiger partial charge is 0.355 e. The van der Waals surface area contributed by atoms with Crippen LogP contribution in [0.5, 0.6) is 0 Å². The Balaban J connectivity index is 1.51. The van der Waals surface area contributed by atoms with Crippen molar-refractivity contribution in [3.63, 3.8) is 0 Å². The molecule has 1 aliphatic rings. The Labute approximate surface area is 165 Å². The van der Waals surface area contributed by atoms with Crippen molar-refractivity contribution in [1.82, 2.24) is 9.97 Å². The lowest BCUT2D eigenvalue weighted by atomic mass is 9.99. The summed E-state index contributed by atoms with van der Waals surface area (Å²) in [5.74, 6) is -0.416. The van der Waals surface area contributed by atoms with E-state index in [4.69, 9.17) is 0 Å². The smallest absolute Gasteiger partial charge is 0.311 e. The summed E-state index contributed by atoms with van der Waals surface area (Å²) in [7, 11) is 0. The van der Waals surface area contributed by atoms with Crippen molar-refractivity contribution in [3.8, 4) is 11.3 Å². The number of nitrogens with one attached hydrogen (secondary N) is 1. The molecule has 4 rings (SSSR count). The van der Waals surface area contributed by atoms with Crippen LogP contribution in [-0.4, -0.2) is 33.9 Å². The third-order valence-corrected chi connectivity index (χ3v) is 4.68. The van der Waals surface area contributed by atoms with E-state index in [0.717, 1.165) is 5.82 Å². The molecule has 9 heteroatoms. The molecule has 8 nitrogen and oxygen atoms in total. The van der Waals surface area contributed by atoms with Crippen LogP contribution >= 0.6 is 0 Å². The van der Waals surface area contributed by atoms with Crippen molar-refractivity contribution < 1.29 is 14.1 Å². The molecule has 2 aromatic heterocycles. The van der Waals surface area contributed by atoms with Gasteiger partial charge < -0.3 is 10.2 Å². The minimum atomic E-state index is -0.599. The van der Waals surface area contributed by atoms with Gasteiger partial charge in [-0.15, -0.1) is 0 Å². The zero-order valence-electron chi connectivity index (χ0n) is 15.2. The standard InChI is InChI=1S/C20H16FN5O3/c21-15-6-4-13(5-7-15)16-8-9-17(26(28)29)19(23-16)24-20(27)14-11-25(12-14)18-3-1-2-10-22-18/h1-10,14H,11-12H2,(H,23,24,27). The molecule has 0 spiro atoms. The van der Waals surface area contributed by atoms with Crippen LogP contribution in [0.1, 0.15) is 0 Å². The van der Waals surface area contributed by atoms with Gasteiger partial charge in [-0.3, -0.25) is 14.9 Å². The number of aromatic nitrogens is 2. The third kappa shape index (κ3) is 3.88. The number of carbonyl (C=O) groups is 1. The summed E-state index contributed by atoms with van der Waals surface area (Å²) in [4.78, 5) is 33.7. The van der Waals surface area contributed by atoms with Crippen molar-refractivity contribution in [1.29, 1.82) is 0 Å². The molecule has 1 N–H and O–H groups in total. The van der Waals surface area contributed by atoms with E-state index >= 15 is 0 Å². The molecule has 29 heavy (non-hydrogen) atoms. The molecule has 1 amide bonds. The van der Waals surface area contributed by atoms with Crippen molar-refractivity contribution in [2.75, 3.05) is 23.3 Å². The topological polar surface area (TPSA) is 101 Å². The van der Waals surface area contributed by atoms with Gasteiger partial charge in [-0.1, -0.05) is 6.07 Å². The predicted molar refractivity (Wildman–Crippen MR) is 105 cm³/mol. The first-order chi connectivity index (χ1) is 14.0. The van der Waals surface area contributed by atoms with E-state index in [2.05, 4.69) is 15.3 Å². The average Bonchev–Trinajstić information content (AvgIpc) is 2.68. The quantitative estimate of drug-likeness (QED) is 0.527. The molecule has 1 saturated heterocycles. The summed E-state index contributed by atoms with van der Waals surface area (Å²) in [5.41, 5.74) is 0.682. The molecule has 3 aromatic rings. The number of carbonyl (C=O) groups excluding carboxylic acids is 1. The van der Waals surface area contributed by atoms with E-state index in [-0.39, 0.29) is 23.3 Å². The maximum absolute atomic E-state index is 13.1. The summed E-state index contributed by atoms with van der Waals surface area (Å²) in [6.45, 7) is 0.933. The first-order valence-electron chi connectivity index (χ1n) is 8.89. The van der Waals surface area contributed by atoms with Gasteiger partial charge in [-0.25, -0.2) is 14.4 Å². The van der Waals surface area contributed by atoms with Crippen molar-refractivity contribution in [2.45, 2.75) is 0 Å². The number of nitrogens with zero attached hydrogens (tertiary/aromatic N) is 4. The normalized spacial score (nSPS) is 13.6. The van der Waals surface area contributed by atoms with Crippen molar-refractivity contribution >= 4 is 23.2 Å². The first-order valence-corrected chi connectivity index (χ1v) is 8.89. The lowest BCUT2D eigenvalue weighted by Gasteiger charge is -2.38. The van der Waals surface area contributed by atoms with Gasteiger partial charge in [0.25, 0.3) is 0 Å². The lowest BCUT2D eigenvalue weighted by Crippen LogP contribution is -2.52. The van der Waals surface area contributed by atoms with Gasteiger partial charge in [0.15, 0.2) is 0 Å². The van der Waals surface area contributed by atoms with Gasteiger partial charge in [-0.05, 0) is 42.5 Å². The highest BCUT2D eigenvalue weighted by Crippen LogP contribution is 2.29. The highest BCUT2D eigenvalue weighted by Gasteiger charge is 2.34.